The first-order chi connectivity index (χ1) is 6.84. The summed E-state index contributed by atoms with van der Waals surface area (Å²) in [5, 5.41) is 3.68. The molecule has 1 atom stereocenters. The summed E-state index contributed by atoms with van der Waals surface area (Å²) in [5.41, 5.74) is 0. The summed E-state index contributed by atoms with van der Waals surface area (Å²) in [6.07, 6.45) is 11.7. The number of piperidine rings is 1. The van der Waals surface area contributed by atoms with Gasteiger partial charge in [0.05, 0.1) is 0 Å². The molecule has 0 amide bonds. The molecule has 1 aliphatic carbocycles. The number of nitrogens with one attached hydrogen (secondary N) is 1. The minimum Gasteiger partial charge on any atom is -0.314 e. The maximum atomic E-state index is 3.68. The van der Waals surface area contributed by atoms with Crippen LogP contribution in [0.15, 0.2) is 0 Å². The second-order valence-electron chi connectivity index (χ2n) is 5.51. The fourth-order valence-corrected chi connectivity index (χ4v) is 3.09. The van der Waals surface area contributed by atoms with Gasteiger partial charge in [0, 0.05) is 6.04 Å². The topological polar surface area (TPSA) is 12.0 Å². The minimum atomic E-state index is 0. The molecule has 90 valence electrons. The molecule has 2 aliphatic rings. The smallest absolute Gasteiger partial charge is 0.00697 e. The molecule has 2 fully saturated rings. The van der Waals surface area contributed by atoms with E-state index in [2.05, 4.69) is 12.2 Å². The van der Waals surface area contributed by atoms with Gasteiger partial charge in [-0.05, 0) is 37.6 Å². The third kappa shape index (κ3) is 4.32. The summed E-state index contributed by atoms with van der Waals surface area (Å²) in [5.74, 6) is 2.05. The molecular formula is C13H26ClN. The highest BCUT2D eigenvalue weighted by Gasteiger charge is 2.22. The molecule has 0 aromatic rings. The van der Waals surface area contributed by atoms with E-state index >= 15 is 0 Å². The van der Waals surface area contributed by atoms with E-state index in [9.17, 15) is 0 Å². The quantitative estimate of drug-likeness (QED) is 0.763. The molecule has 1 aliphatic heterocycles. The fraction of sp³-hybridized carbons (Fsp3) is 1.00. The molecule has 0 bridgehead atoms. The predicted molar refractivity (Wildman–Crippen MR) is 68.6 cm³/mol. The lowest BCUT2D eigenvalue weighted by molar-refractivity contribution is 0.239. The van der Waals surface area contributed by atoms with Crippen LogP contribution < -0.4 is 5.32 Å². The van der Waals surface area contributed by atoms with Gasteiger partial charge in [-0.1, -0.05) is 39.0 Å². The van der Waals surface area contributed by atoms with Gasteiger partial charge in [0.2, 0.25) is 0 Å². The zero-order chi connectivity index (χ0) is 9.80. The van der Waals surface area contributed by atoms with Crippen molar-refractivity contribution in [2.75, 3.05) is 6.54 Å². The van der Waals surface area contributed by atoms with Crippen LogP contribution in [0.2, 0.25) is 0 Å². The Labute approximate surface area is 101 Å². The number of rotatable bonds is 2. The first kappa shape index (κ1) is 13.3. The van der Waals surface area contributed by atoms with E-state index < -0.39 is 0 Å². The van der Waals surface area contributed by atoms with Crippen molar-refractivity contribution in [3.05, 3.63) is 0 Å². The maximum Gasteiger partial charge on any atom is 0.00697 e. The first-order valence-electron chi connectivity index (χ1n) is 6.58. The van der Waals surface area contributed by atoms with Crippen LogP contribution in [0.4, 0.5) is 0 Å². The average Bonchev–Trinajstić information content (AvgIpc) is 2.23. The van der Waals surface area contributed by atoms with E-state index in [1.165, 1.54) is 57.9 Å². The van der Waals surface area contributed by atoms with E-state index in [-0.39, 0.29) is 12.4 Å². The van der Waals surface area contributed by atoms with Crippen LogP contribution in [0.5, 0.6) is 0 Å². The highest BCUT2D eigenvalue weighted by Crippen LogP contribution is 2.32. The van der Waals surface area contributed by atoms with Crippen LogP contribution in [-0.4, -0.2) is 12.6 Å². The van der Waals surface area contributed by atoms with E-state index in [1.54, 1.807) is 0 Å². The zero-order valence-electron chi connectivity index (χ0n) is 10.0. The van der Waals surface area contributed by atoms with E-state index in [0.29, 0.717) is 0 Å². The van der Waals surface area contributed by atoms with Gasteiger partial charge >= 0.3 is 0 Å². The highest BCUT2D eigenvalue weighted by atomic mass is 35.5. The molecular weight excluding hydrogens is 206 g/mol. The third-order valence-corrected chi connectivity index (χ3v) is 4.17. The molecule has 2 heteroatoms. The van der Waals surface area contributed by atoms with Gasteiger partial charge < -0.3 is 5.32 Å². The van der Waals surface area contributed by atoms with Crippen molar-refractivity contribution in [2.24, 2.45) is 11.8 Å². The lowest BCUT2D eigenvalue weighted by atomic mass is 9.79. The molecule has 0 radical (unpaired) electrons. The molecule has 1 unspecified atom stereocenters. The number of hydrogen-bond donors (Lipinski definition) is 1. The van der Waals surface area contributed by atoms with Crippen LogP contribution in [0.1, 0.15) is 58.3 Å². The van der Waals surface area contributed by atoms with Crippen LogP contribution in [-0.2, 0) is 0 Å². The Morgan fingerprint density at radius 2 is 1.73 bits per heavy atom. The van der Waals surface area contributed by atoms with Gasteiger partial charge in [-0.25, -0.2) is 0 Å². The summed E-state index contributed by atoms with van der Waals surface area (Å²) < 4.78 is 0. The summed E-state index contributed by atoms with van der Waals surface area (Å²) in [4.78, 5) is 0. The summed E-state index contributed by atoms with van der Waals surface area (Å²) >= 11 is 0. The normalized spacial score (nSPS) is 37.0. The van der Waals surface area contributed by atoms with Crippen molar-refractivity contribution in [3.8, 4) is 0 Å². The van der Waals surface area contributed by atoms with Gasteiger partial charge in [-0.15, -0.1) is 12.4 Å². The summed E-state index contributed by atoms with van der Waals surface area (Å²) in [6.45, 7) is 3.68. The Bertz CT molecular complexity index is 158. The molecule has 1 heterocycles. The molecule has 2 rings (SSSR count). The Morgan fingerprint density at radius 3 is 2.33 bits per heavy atom. The van der Waals surface area contributed by atoms with Crippen LogP contribution >= 0.6 is 12.4 Å². The lowest BCUT2D eigenvalue weighted by Gasteiger charge is -2.31. The van der Waals surface area contributed by atoms with E-state index in [1.807, 2.05) is 0 Å². The van der Waals surface area contributed by atoms with Crippen molar-refractivity contribution in [1.82, 2.24) is 5.32 Å². The average molecular weight is 232 g/mol. The monoisotopic (exact) mass is 231 g/mol. The number of halogens is 1. The molecule has 0 spiro atoms. The van der Waals surface area contributed by atoms with Gasteiger partial charge in [0.15, 0.2) is 0 Å². The second-order valence-corrected chi connectivity index (χ2v) is 5.51. The lowest BCUT2D eigenvalue weighted by Crippen LogP contribution is -2.36. The molecule has 1 N–H and O–H groups in total. The van der Waals surface area contributed by atoms with Crippen molar-refractivity contribution in [2.45, 2.75) is 64.3 Å². The Balaban J connectivity index is 0.00000112. The standard InChI is InChI=1S/C13H25N.ClH/c1-11-5-7-12(8-6-11)10-13-4-2-3-9-14-13;/h11-14H,2-10H2,1H3;1H. The van der Waals surface area contributed by atoms with Crippen LogP contribution in [0.3, 0.4) is 0 Å². The molecule has 15 heavy (non-hydrogen) atoms. The third-order valence-electron chi connectivity index (χ3n) is 4.17. The maximum absolute atomic E-state index is 3.68. The predicted octanol–water partition coefficient (Wildman–Crippen LogP) is 3.77. The Hall–Kier alpha value is 0.250. The van der Waals surface area contributed by atoms with E-state index in [4.69, 9.17) is 0 Å². The second kappa shape index (κ2) is 6.75. The van der Waals surface area contributed by atoms with E-state index in [0.717, 1.165) is 17.9 Å². The summed E-state index contributed by atoms with van der Waals surface area (Å²) in [7, 11) is 0. The molecule has 0 aromatic carbocycles. The fourth-order valence-electron chi connectivity index (χ4n) is 3.09. The van der Waals surface area contributed by atoms with Gasteiger partial charge in [0.1, 0.15) is 0 Å². The van der Waals surface area contributed by atoms with Gasteiger partial charge in [-0.2, -0.15) is 0 Å². The minimum absolute atomic E-state index is 0. The van der Waals surface area contributed by atoms with Crippen molar-refractivity contribution in [3.63, 3.8) is 0 Å². The van der Waals surface area contributed by atoms with Crippen LogP contribution in [0.25, 0.3) is 0 Å². The molecule has 1 nitrogen and oxygen atoms in total. The Kier molecular flexibility index (Phi) is 5.99. The van der Waals surface area contributed by atoms with Crippen molar-refractivity contribution >= 4 is 12.4 Å². The molecule has 0 aromatic heterocycles. The van der Waals surface area contributed by atoms with Gasteiger partial charge in [-0.3, -0.25) is 0 Å². The SMILES string of the molecule is CC1CCC(CC2CCCCN2)CC1.Cl. The first-order valence-corrected chi connectivity index (χ1v) is 6.58. The molecule has 1 saturated heterocycles. The zero-order valence-corrected chi connectivity index (χ0v) is 10.8. The summed E-state index contributed by atoms with van der Waals surface area (Å²) in [6, 6.07) is 0.863. The molecule has 1 saturated carbocycles. The van der Waals surface area contributed by atoms with Crippen molar-refractivity contribution in [1.29, 1.82) is 0 Å². The highest BCUT2D eigenvalue weighted by molar-refractivity contribution is 5.85. The Morgan fingerprint density at radius 1 is 1.00 bits per heavy atom. The number of hydrogen-bond acceptors (Lipinski definition) is 1. The van der Waals surface area contributed by atoms with Crippen molar-refractivity contribution < 1.29 is 0 Å². The van der Waals surface area contributed by atoms with Gasteiger partial charge in [0.25, 0.3) is 0 Å². The largest absolute Gasteiger partial charge is 0.314 e. The van der Waals surface area contributed by atoms with Crippen LogP contribution in [0, 0.1) is 11.8 Å².